The van der Waals surface area contributed by atoms with E-state index < -0.39 is 0 Å². The summed E-state index contributed by atoms with van der Waals surface area (Å²) in [5, 5.41) is 5.27. The van der Waals surface area contributed by atoms with Crippen LogP contribution in [0, 0.1) is 11.7 Å². The van der Waals surface area contributed by atoms with Crippen LogP contribution in [-0.2, 0) is 16.5 Å². The molecule has 6 heteroatoms. The Kier molecular flexibility index (Phi) is 4.86. The molecule has 5 nitrogen and oxygen atoms in total. The van der Waals surface area contributed by atoms with E-state index in [1.807, 2.05) is 42.2 Å². The van der Waals surface area contributed by atoms with Crippen molar-refractivity contribution in [2.45, 2.75) is 0 Å². The molecule has 0 saturated carbocycles. The second kappa shape index (κ2) is 7.43. The number of benzene rings is 2. The maximum atomic E-state index is 14.1. The number of hydrogen-bond donors (Lipinski definition) is 0. The zero-order chi connectivity index (χ0) is 17.9. The summed E-state index contributed by atoms with van der Waals surface area (Å²) < 4.78 is 32.7. The van der Waals surface area contributed by atoms with Crippen molar-refractivity contribution in [3.8, 4) is 16.9 Å². The average Bonchev–Trinajstić information content (AvgIpc) is 2.84. The molecule has 0 N–H and O–H groups in total. The number of halogens is 1. The number of nitrogens with zero attached hydrogens (tertiary/aromatic N) is 2. The maximum absolute atomic E-state index is 14.1. The van der Waals surface area contributed by atoms with E-state index in [0.29, 0.717) is 38.8 Å². The Hall–Kier alpha value is -2.44. The number of aromatic nitrogens is 2. The van der Waals surface area contributed by atoms with Crippen LogP contribution in [-0.4, -0.2) is 42.8 Å². The number of ether oxygens (including phenoxy) is 3. The summed E-state index contributed by atoms with van der Waals surface area (Å²) >= 11 is 0. The lowest BCUT2D eigenvalue weighted by molar-refractivity contribution is 0.101. The van der Waals surface area contributed by atoms with Crippen molar-refractivity contribution in [3.63, 3.8) is 0 Å². The Balaban J connectivity index is 1.54. The SMILES string of the molecule is Cn1ncc2cc(-c3cc(F)cc(OCC4COCCOC4)c3)ccc21. The van der Waals surface area contributed by atoms with Gasteiger partial charge in [-0.2, -0.15) is 5.10 Å². The molecule has 1 aliphatic rings. The smallest absolute Gasteiger partial charge is 0.127 e. The Morgan fingerprint density at radius 1 is 1.12 bits per heavy atom. The lowest BCUT2D eigenvalue weighted by Crippen LogP contribution is -2.20. The molecule has 0 amide bonds. The zero-order valence-corrected chi connectivity index (χ0v) is 14.7. The van der Waals surface area contributed by atoms with Gasteiger partial charge in [0, 0.05) is 24.4 Å². The van der Waals surface area contributed by atoms with Crippen LogP contribution in [0.3, 0.4) is 0 Å². The van der Waals surface area contributed by atoms with E-state index in [4.69, 9.17) is 14.2 Å². The number of rotatable bonds is 4. The van der Waals surface area contributed by atoms with Crippen molar-refractivity contribution in [1.29, 1.82) is 0 Å². The van der Waals surface area contributed by atoms with Gasteiger partial charge >= 0.3 is 0 Å². The molecule has 1 saturated heterocycles. The highest BCUT2D eigenvalue weighted by molar-refractivity contribution is 5.84. The van der Waals surface area contributed by atoms with Crippen LogP contribution in [0.15, 0.2) is 42.6 Å². The fourth-order valence-electron chi connectivity index (χ4n) is 3.13. The fraction of sp³-hybridized carbons (Fsp3) is 0.350. The summed E-state index contributed by atoms with van der Waals surface area (Å²) in [5.74, 6) is 0.337. The van der Waals surface area contributed by atoms with Crippen LogP contribution in [0.1, 0.15) is 0 Å². The van der Waals surface area contributed by atoms with Gasteiger partial charge in [0.2, 0.25) is 0 Å². The molecule has 4 rings (SSSR count). The molecule has 1 aromatic heterocycles. The van der Waals surface area contributed by atoms with Gasteiger partial charge in [-0.05, 0) is 35.4 Å². The number of hydrogen-bond acceptors (Lipinski definition) is 4. The maximum Gasteiger partial charge on any atom is 0.127 e. The minimum Gasteiger partial charge on any atom is -0.493 e. The van der Waals surface area contributed by atoms with Crippen LogP contribution in [0.25, 0.3) is 22.0 Å². The molecule has 136 valence electrons. The quantitative estimate of drug-likeness (QED) is 0.719. The van der Waals surface area contributed by atoms with Crippen LogP contribution < -0.4 is 4.74 Å². The Labute approximate surface area is 151 Å². The molecule has 0 spiro atoms. The van der Waals surface area contributed by atoms with E-state index in [9.17, 15) is 4.39 Å². The molecule has 1 aliphatic heterocycles. The van der Waals surface area contributed by atoms with E-state index in [-0.39, 0.29) is 11.7 Å². The molecule has 0 atom stereocenters. The highest BCUT2D eigenvalue weighted by Gasteiger charge is 2.15. The first-order chi connectivity index (χ1) is 12.7. The molecule has 26 heavy (non-hydrogen) atoms. The Bertz CT molecular complexity index is 901. The normalized spacial score (nSPS) is 15.9. The second-order valence-corrected chi connectivity index (χ2v) is 6.54. The predicted molar refractivity (Wildman–Crippen MR) is 96.7 cm³/mol. The van der Waals surface area contributed by atoms with Crippen molar-refractivity contribution in [3.05, 3.63) is 48.4 Å². The van der Waals surface area contributed by atoms with Gasteiger partial charge in [0.1, 0.15) is 11.6 Å². The number of fused-ring (bicyclic) bond motifs is 1. The number of aryl methyl sites for hydroxylation is 1. The van der Waals surface area contributed by atoms with Gasteiger partial charge in [0.05, 0.1) is 44.7 Å². The third-order valence-corrected chi connectivity index (χ3v) is 4.52. The van der Waals surface area contributed by atoms with Crippen molar-refractivity contribution < 1.29 is 18.6 Å². The minimum absolute atomic E-state index is 0.149. The molecule has 0 bridgehead atoms. The first-order valence-corrected chi connectivity index (χ1v) is 8.70. The highest BCUT2D eigenvalue weighted by Crippen LogP contribution is 2.28. The van der Waals surface area contributed by atoms with Crippen molar-refractivity contribution in [2.24, 2.45) is 13.0 Å². The van der Waals surface area contributed by atoms with E-state index in [2.05, 4.69) is 5.10 Å². The second-order valence-electron chi connectivity index (χ2n) is 6.54. The molecule has 0 unspecified atom stereocenters. The molecular formula is C20H21FN2O3. The molecule has 3 aromatic rings. The first kappa shape index (κ1) is 17.0. The summed E-state index contributed by atoms with van der Waals surface area (Å²) in [6.07, 6.45) is 1.81. The van der Waals surface area contributed by atoms with Gasteiger partial charge in [-0.15, -0.1) is 0 Å². The van der Waals surface area contributed by atoms with Gasteiger partial charge in [-0.25, -0.2) is 4.39 Å². The largest absolute Gasteiger partial charge is 0.493 e. The zero-order valence-electron chi connectivity index (χ0n) is 14.7. The molecule has 0 aliphatic carbocycles. The monoisotopic (exact) mass is 356 g/mol. The van der Waals surface area contributed by atoms with E-state index >= 15 is 0 Å². The summed E-state index contributed by atoms with van der Waals surface area (Å²) in [5.41, 5.74) is 2.74. The lowest BCUT2D eigenvalue weighted by Gasteiger charge is -2.15. The molecular weight excluding hydrogens is 335 g/mol. The minimum atomic E-state index is -0.322. The van der Waals surface area contributed by atoms with Crippen molar-refractivity contribution in [1.82, 2.24) is 9.78 Å². The third kappa shape index (κ3) is 3.71. The molecule has 2 heterocycles. The summed E-state index contributed by atoms with van der Waals surface area (Å²) in [4.78, 5) is 0. The van der Waals surface area contributed by atoms with Crippen molar-refractivity contribution >= 4 is 10.9 Å². The predicted octanol–water partition coefficient (Wildman–Crippen LogP) is 3.42. The van der Waals surface area contributed by atoms with Crippen molar-refractivity contribution in [2.75, 3.05) is 33.0 Å². The van der Waals surface area contributed by atoms with Crippen LogP contribution in [0.5, 0.6) is 5.75 Å². The fourth-order valence-corrected chi connectivity index (χ4v) is 3.13. The standard InChI is InChI=1S/C20H21FN2O3/c1-23-20-3-2-15(6-17(20)10-22-23)16-7-18(21)9-19(8-16)26-13-14-11-24-4-5-25-12-14/h2-3,6-10,14H,4-5,11-13H2,1H3. The summed E-state index contributed by atoms with van der Waals surface area (Å²) in [6, 6.07) is 10.7. The van der Waals surface area contributed by atoms with E-state index in [0.717, 1.165) is 22.0 Å². The third-order valence-electron chi connectivity index (χ3n) is 4.52. The summed E-state index contributed by atoms with van der Waals surface area (Å²) in [7, 11) is 1.90. The van der Waals surface area contributed by atoms with E-state index in [1.165, 1.54) is 12.1 Å². The van der Waals surface area contributed by atoms with Crippen LogP contribution in [0.4, 0.5) is 4.39 Å². The average molecular weight is 356 g/mol. The van der Waals surface area contributed by atoms with Gasteiger partial charge in [0.15, 0.2) is 0 Å². The van der Waals surface area contributed by atoms with Gasteiger partial charge in [-0.1, -0.05) is 6.07 Å². The van der Waals surface area contributed by atoms with Gasteiger partial charge in [0.25, 0.3) is 0 Å². The molecule has 0 radical (unpaired) electrons. The highest BCUT2D eigenvalue weighted by atomic mass is 19.1. The Morgan fingerprint density at radius 2 is 1.92 bits per heavy atom. The van der Waals surface area contributed by atoms with Gasteiger partial charge in [-0.3, -0.25) is 4.68 Å². The summed E-state index contributed by atoms with van der Waals surface area (Å²) in [6.45, 7) is 2.85. The topological polar surface area (TPSA) is 45.5 Å². The Morgan fingerprint density at radius 3 is 2.73 bits per heavy atom. The van der Waals surface area contributed by atoms with Crippen LogP contribution in [0.2, 0.25) is 0 Å². The molecule has 1 fully saturated rings. The van der Waals surface area contributed by atoms with Gasteiger partial charge < -0.3 is 14.2 Å². The first-order valence-electron chi connectivity index (χ1n) is 8.70. The van der Waals surface area contributed by atoms with Crippen LogP contribution >= 0.6 is 0 Å². The lowest BCUT2D eigenvalue weighted by atomic mass is 10.0. The van der Waals surface area contributed by atoms with E-state index in [1.54, 1.807) is 0 Å². The molecule has 2 aromatic carbocycles.